The van der Waals surface area contributed by atoms with Crippen LogP contribution in [0.1, 0.15) is 30.4 Å². The van der Waals surface area contributed by atoms with Crippen LogP contribution < -0.4 is 0 Å². The van der Waals surface area contributed by atoms with Gasteiger partial charge in [0.1, 0.15) is 5.82 Å². The molecule has 29 heavy (non-hydrogen) atoms. The molecule has 2 fully saturated rings. The average Bonchev–Trinajstić information content (AvgIpc) is 3.25. The van der Waals surface area contributed by atoms with Crippen LogP contribution >= 0.6 is 0 Å². The van der Waals surface area contributed by atoms with Crippen molar-refractivity contribution in [2.24, 2.45) is 11.3 Å². The summed E-state index contributed by atoms with van der Waals surface area (Å²) >= 11 is 0. The second-order valence-electron chi connectivity index (χ2n) is 8.76. The Bertz CT molecular complexity index is 783. The third kappa shape index (κ3) is 4.85. The van der Waals surface area contributed by atoms with Gasteiger partial charge in [-0.3, -0.25) is 4.90 Å². The van der Waals surface area contributed by atoms with Crippen LogP contribution in [0.15, 0.2) is 42.6 Å². The molecule has 0 spiro atoms. The molecule has 0 aliphatic carbocycles. The summed E-state index contributed by atoms with van der Waals surface area (Å²) in [7, 11) is 1.80. The molecule has 2 saturated heterocycles. The maximum atomic E-state index is 5.34. The Hall–Kier alpha value is -1.82. The molecular weight excluding hydrogens is 360 g/mol. The van der Waals surface area contributed by atoms with Gasteiger partial charge in [0.2, 0.25) is 0 Å². The van der Waals surface area contributed by atoms with Crippen LogP contribution in [0.25, 0.3) is 0 Å². The van der Waals surface area contributed by atoms with Gasteiger partial charge < -0.3 is 9.64 Å². The first-order valence-corrected chi connectivity index (χ1v) is 11.0. The first kappa shape index (κ1) is 20.5. The number of hydrogen-bond acceptors (Lipinski definition) is 5. The number of likely N-dealkylation sites (tertiary alicyclic amines) is 2. The van der Waals surface area contributed by atoms with Crippen LogP contribution in [0.3, 0.4) is 0 Å². The molecule has 4 rings (SSSR count). The van der Waals surface area contributed by atoms with E-state index in [1.165, 1.54) is 38.2 Å². The molecule has 3 heterocycles. The minimum atomic E-state index is 0.379. The monoisotopic (exact) mass is 394 g/mol. The molecule has 2 aliphatic heterocycles. The van der Waals surface area contributed by atoms with E-state index >= 15 is 0 Å². The van der Waals surface area contributed by atoms with Gasteiger partial charge in [-0.2, -0.15) is 0 Å². The fourth-order valence-corrected chi connectivity index (χ4v) is 5.24. The van der Waals surface area contributed by atoms with Crippen molar-refractivity contribution in [3.63, 3.8) is 0 Å². The van der Waals surface area contributed by atoms with Crippen molar-refractivity contribution in [1.82, 2.24) is 19.8 Å². The molecule has 156 valence electrons. The highest BCUT2D eigenvalue weighted by atomic mass is 16.5. The molecule has 0 radical (unpaired) electrons. The Morgan fingerprint density at radius 3 is 2.69 bits per heavy atom. The highest BCUT2D eigenvalue weighted by Gasteiger charge is 2.51. The molecule has 0 N–H and O–H groups in total. The van der Waals surface area contributed by atoms with Gasteiger partial charge in [-0.05, 0) is 30.4 Å². The minimum absolute atomic E-state index is 0.379. The van der Waals surface area contributed by atoms with Gasteiger partial charge in [-0.1, -0.05) is 37.3 Å². The summed E-state index contributed by atoms with van der Waals surface area (Å²) in [5, 5.41) is 0. The Balaban J connectivity index is 1.45. The molecule has 2 unspecified atom stereocenters. The third-order valence-electron chi connectivity index (χ3n) is 6.73. The summed E-state index contributed by atoms with van der Waals surface area (Å²) in [5.74, 6) is 1.68. The molecular formula is C24H34N4O. The summed E-state index contributed by atoms with van der Waals surface area (Å²) in [6.07, 6.45) is 5.23. The molecule has 2 atom stereocenters. The standard InChI is InChI=1S/C24H34N4O/c1-3-23-25-12-10-22(26-23)17-28-16-21-15-27(13-14-29-2)18-24(21,19-28)11-9-20-7-5-4-6-8-20/h4-8,10,12,21H,3,9,11,13-19H2,1-2H3. The number of methoxy groups -OCH3 is 1. The lowest BCUT2D eigenvalue weighted by atomic mass is 9.76. The van der Waals surface area contributed by atoms with Gasteiger partial charge in [0.25, 0.3) is 0 Å². The van der Waals surface area contributed by atoms with Crippen molar-refractivity contribution in [2.45, 2.75) is 32.7 Å². The lowest BCUT2D eigenvalue weighted by molar-refractivity contribution is 0.141. The van der Waals surface area contributed by atoms with E-state index in [-0.39, 0.29) is 0 Å². The van der Waals surface area contributed by atoms with Crippen molar-refractivity contribution >= 4 is 0 Å². The smallest absolute Gasteiger partial charge is 0.128 e. The van der Waals surface area contributed by atoms with Crippen molar-refractivity contribution in [2.75, 3.05) is 46.4 Å². The SMILES string of the molecule is CCc1nccc(CN2CC3CN(CCOC)CC3(CCc3ccccc3)C2)n1. The van der Waals surface area contributed by atoms with E-state index < -0.39 is 0 Å². The van der Waals surface area contributed by atoms with Crippen LogP contribution in [0.5, 0.6) is 0 Å². The predicted molar refractivity (Wildman–Crippen MR) is 116 cm³/mol. The van der Waals surface area contributed by atoms with Gasteiger partial charge in [-0.15, -0.1) is 0 Å². The minimum Gasteiger partial charge on any atom is -0.383 e. The Labute approximate surface area is 175 Å². The normalized spacial score (nSPS) is 24.8. The number of fused-ring (bicyclic) bond motifs is 1. The van der Waals surface area contributed by atoms with Crippen molar-refractivity contribution in [3.05, 3.63) is 59.7 Å². The molecule has 1 aromatic heterocycles. The molecule has 1 aromatic carbocycles. The van der Waals surface area contributed by atoms with Gasteiger partial charge in [0.05, 0.1) is 12.3 Å². The van der Waals surface area contributed by atoms with Gasteiger partial charge in [-0.25, -0.2) is 9.97 Å². The summed E-state index contributed by atoms with van der Waals surface area (Å²) in [4.78, 5) is 14.3. The number of benzene rings is 1. The molecule has 2 aliphatic rings. The van der Waals surface area contributed by atoms with Crippen molar-refractivity contribution < 1.29 is 4.74 Å². The van der Waals surface area contributed by atoms with Crippen LogP contribution in [-0.4, -0.2) is 66.2 Å². The molecule has 0 amide bonds. The summed E-state index contributed by atoms with van der Waals surface area (Å²) in [6.45, 7) is 9.65. The van der Waals surface area contributed by atoms with Crippen molar-refractivity contribution in [3.8, 4) is 0 Å². The summed E-state index contributed by atoms with van der Waals surface area (Å²) in [6, 6.07) is 13.0. The first-order chi connectivity index (χ1) is 14.2. The van der Waals surface area contributed by atoms with E-state index in [9.17, 15) is 0 Å². The zero-order valence-electron chi connectivity index (χ0n) is 17.9. The third-order valence-corrected chi connectivity index (χ3v) is 6.73. The Kier molecular flexibility index (Phi) is 6.58. The second-order valence-corrected chi connectivity index (χ2v) is 8.76. The number of aryl methyl sites for hydroxylation is 2. The lowest BCUT2D eigenvalue weighted by Gasteiger charge is -2.30. The van der Waals surface area contributed by atoms with Gasteiger partial charge in [0, 0.05) is 64.4 Å². The zero-order chi connectivity index (χ0) is 20.1. The molecule has 5 nitrogen and oxygen atoms in total. The maximum absolute atomic E-state index is 5.34. The number of hydrogen-bond donors (Lipinski definition) is 0. The van der Waals surface area contributed by atoms with Crippen molar-refractivity contribution in [1.29, 1.82) is 0 Å². The van der Waals surface area contributed by atoms with E-state index in [2.05, 4.69) is 58.1 Å². The Morgan fingerprint density at radius 1 is 1.10 bits per heavy atom. The van der Waals surface area contributed by atoms with E-state index in [0.29, 0.717) is 5.41 Å². The van der Waals surface area contributed by atoms with E-state index in [0.717, 1.165) is 50.0 Å². The van der Waals surface area contributed by atoms with Gasteiger partial charge >= 0.3 is 0 Å². The topological polar surface area (TPSA) is 41.5 Å². The number of ether oxygens (including phenoxy) is 1. The molecule has 2 aromatic rings. The highest BCUT2D eigenvalue weighted by molar-refractivity contribution is 5.16. The predicted octanol–water partition coefficient (Wildman–Crippen LogP) is 3.05. The van der Waals surface area contributed by atoms with E-state index in [1.54, 1.807) is 7.11 Å². The van der Waals surface area contributed by atoms with Gasteiger partial charge in [0.15, 0.2) is 0 Å². The number of nitrogens with zero attached hydrogens (tertiary/aromatic N) is 4. The second kappa shape index (κ2) is 9.33. The number of rotatable bonds is 9. The summed E-state index contributed by atoms with van der Waals surface area (Å²) < 4.78 is 5.34. The number of aromatic nitrogens is 2. The van der Waals surface area contributed by atoms with E-state index in [1.807, 2.05) is 6.20 Å². The molecule has 5 heteroatoms. The fraction of sp³-hybridized carbons (Fsp3) is 0.583. The van der Waals surface area contributed by atoms with Crippen LogP contribution in [0, 0.1) is 11.3 Å². The quantitative estimate of drug-likeness (QED) is 0.654. The summed E-state index contributed by atoms with van der Waals surface area (Å²) in [5.41, 5.74) is 2.99. The lowest BCUT2D eigenvalue weighted by Crippen LogP contribution is -2.35. The van der Waals surface area contributed by atoms with E-state index in [4.69, 9.17) is 9.72 Å². The highest BCUT2D eigenvalue weighted by Crippen LogP contribution is 2.46. The molecule has 0 bridgehead atoms. The van der Waals surface area contributed by atoms with Crippen LogP contribution in [-0.2, 0) is 24.1 Å². The Morgan fingerprint density at radius 2 is 1.90 bits per heavy atom. The first-order valence-electron chi connectivity index (χ1n) is 11.0. The van der Waals surface area contributed by atoms with Crippen LogP contribution in [0.4, 0.5) is 0 Å². The van der Waals surface area contributed by atoms with Crippen LogP contribution in [0.2, 0.25) is 0 Å². The largest absolute Gasteiger partial charge is 0.383 e. The average molecular weight is 395 g/mol. The fourth-order valence-electron chi connectivity index (χ4n) is 5.24. The zero-order valence-corrected chi connectivity index (χ0v) is 17.9. The maximum Gasteiger partial charge on any atom is 0.128 e. The molecule has 0 saturated carbocycles.